The second-order valence-electron chi connectivity index (χ2n) is 4.33. The Hall–Kier alpha value is -1.07. The number of piperidine rings is 1. The number of likely N-dealkylation sites (tertiary alicyclic amines) is 1. The van der Waals surface area contributed by atoms with Crippen molar-refractivity contribution in [3.8, 4) is 5.88 Å². The Kier molecular flexibility index (Phi) is 4.02. The van der Waals surface area contributed by atoms with Gasteiger partial charge in [0.2, 0.25) is 11.8 Å². The average Bonchev–Trinajstić information content (AvgIpc) is 2.27. The molecule has 94 valence electrons. The van der Waals surface area contributed by atoms with Gasteiger partial charge in [0.05, 0.1) is 0 Å². The van der Waals surface area contributed by atoms with Crippen LogP contribution in [0.1, 0.15) is 19.3 Å². The van der Waals surface area contributed by atoms with E-state index in [1.54, 1.807) is 6.07 Å². The highest BCUT2D eigenvalue weighted by molar-refractivity contribution is 6.29. The highest BCUT2D eigenvalue weighted by Gasteiger charge is 2.19. The number of nitrogens with zero attached hydrogens (tertiary/aromatic N) is 3. The van der Waals surface area contributed by atoms with Gasteiger partial charge in [-0.3, -0.25) is 0 Å². The van der Waals surface area contributed by atoms with Gasteiger partial charge in [0.25, 0.3) is 0 Å². The molecule has 2 N–H and O–H groups in total. The van der Waals surface area contributed by atoms with E-state index in [-0.39, 0.29) is 5.95 Å². The molecule has 1 aromatic rings. The summed E-state index contributed by atoms with van der Waals surface area (Å²) in [6.45, 7) is 1.74. The van der Waals surface area contributed by atoms with Crippen LogP contribution in [0.15, 0.2) is 6.07 Å². The number of halogens is 1. The number of likely N-dealkylation sites (N-methyl/N-ethyl adjacent to an activating group) is 1. The lowest BCUT2D eigenvalue weighted by Crippen LogP contribution is -2.40. The summed E-state index contributed by atoms with van der Waals surface area (Å²) in [6, 6.07) is 2.03. The van der Waals surface area contributed by atoms with Crippen LogP contribution in [-0.4, -0.2) is 41.1 Å². The van der Waals surface area contributed by atoms with E-state index < -0.39 is 0 Å². The highest BCUT2D eigenvalue weighted by atomic mass is 35.5. The lowest BCUT2D eigenvalue weighted by Gasteiger charge is -2.31. The maximum Gasteiger partial charge on any atom is 0.224 e. The van der Waals surface area contributed by atoms with Crippen molar-refractivity contribution >= 4 is 17.5 Å². The van der Waals surface area contributed by atoms with E-state index in [1.807, 2.05) is 0 Å². The normalized spacial score (nSPS) is 21.4. The van der Waals surface area contributed by atoms with Crippen molar-refractivity contribution in [1.82, 2.24) is 14.9 Å². The summed E-state index contributed by atoms with van der Waals surface area (Å²) in [5.41, 5.74) is 5.50. The molecule has 1 aromatic heterocycles. The first-order valence-electron chi connectivity index (χ1n) is 5.78. The number of anilines is 1. The van der Waals surface area contributed by atoms with Crippen molar-refractivity contribution in [2.75, 3.05) is 25.9 Å². The maximum atomic E-state index is 5.78. The number of ether oxygens (including phenoxy) is 1. The topological polar surface area (TPSA) is 64.3 Å². The van der Waals surface area contributed by atoms with E-state index in [9.17, 15) is 0 Å². The Bertz CT molecular complexity index is 367. The third kappa shape index (κ3) is 3.44. The predicted molar refractivity (Wildman–Crippen MR) is 67.2 cm³/mol. The van der Waals surface area contributed by atoms with Gasteiger partial charge < -0.3 is 15.4 Å². The molecule has 1 aliphatic rings. The molecule has 1 unspecified atom stereocenters. The molecular formula is C11H17ClN4O. The largest absolute Gasteiger partial charge is 0.476 e. The second kappa shape index (κ2) is 5.51. The van der Waals surface area contributed by atoms with Crippen LogP contribution in [0.25, 0.3) is 0 Å². The van der Waals surface area contributed by atoms with Gasteiger partial charge in [-0.05, 0) is 26.4 Å². The van der Waals surface area contributed by atoms with Crippen LogP contribution in [0, 0.1) is 0 Å². The molecule has 0 spiro atoms. The van der Waals surface area contributed by atoms with Gasteiger partial charge in [0.15, 0.2) is 0 Å². The predicted octanol–water partition coefficient (Wildman–Crippen LogP) is 1.58. The lowest BCUT2D eigenvalue weighted by molar-refractivity contribution is 0.122. The molecule has 1 fully saturated rings. The minimum atomic E-state index is 0.143. The fourth-order valence-corrected chi connectivity index (χ4v) is 2.20. The molecule has 17 heavy (non-hydrogen) atoms. The lowest BCUT2D eigenvalue weighted by atomic mass is 10.0. The standard InChI is InChI=1S/C11H17ClN4O/c1-16-5-3-2-4-8(16)7-17-10-6-9(12)14-11(13)15-10/h6,8H,2-5,7H2,1H3,(H2,13,14,15). The van der Waals surface area contributed by atoms with Crippen LogP contribution in [0.4, 0.5) is 5.95 Å². The van der Waals surface area contributed by atoms with Gasteiger partial charge in [-0.1, -0.05) is 18.0 Å². The number of aromatic nitrogens is 2. The van der Waals surface area contributed by atoms with Crippen molar-refractivity contribution in [3.05, 3.63) is 11.2 Å². The van der Waals surface area contributed by atoms with Crippen molar-refractivity contribution in [3.63, 3.8) is 0 Å². The fourth-order valence-electron chi connectivity index (χ4n) is 2.02. The molecular weight excluding hydrogens is 240 g/mol. The zero-order valence-corrected chi connectivity index (χ0v) is 10.7. The van der Waals surface area contributed by atoms with E-state index in [2.05, 4.69) is 21.9 Å². The molecule has 0 saturated carbocycles. The van der Waals surface area contributed by atoms with E-state index in [1.165, 1.54) is 12.8 Å². The molecule has 0 aromatic carbocycles. The molecule has 0 amide bonds. The molecule has 2 rings (SSSR count). The first kappa shape index (κ1) is 12.4. The smallest absolute Gasteiger partial charge is 0.224 e. The van der Waals surface area contributed by atoms with Crippen LogP contribution < -0.4 is 10.5 Å². The van der Waals surface area contributed by atoms with E-state index in [4.69, 9.17) is 22.1 Å². The summed E-state index contributed by atoms with van der Waals surface area (Å²) in [4.78, 5) is 10.1. The van der Waals surface area contributed by atoms with E-state index in [0.29, 0.717) is 23.7 Å². The zero-order chi connectivity index (χ0) is 12.3. The van der Waals surface area contributed by atoms with Crippen LogP contribution >= 0.6 is 11.6 Å². The molecule has 0 aliphatic carbocycles. The summed E-state index contributed by atoms with van der Waals surface area (Å²) in [7, 11) is 2.12. The Morgan fingerprint density at radius 1 is 1.53 bits per heavy atom. The highest BCUT2D eigenvalue weighted by Crippen LogP contribution is 2.18. The summed E-state index contributed by atoms with van der Waals surface area (Å²) in [6.07, 6.45) is 3.68. The van der Waals surface area contributed by atoms with Crippen molar-refractivity contribution in [2.24, 2.45) is 0 Å². The minimum Gasteiger partial charge on any atom is -0.476 e. The van der Waals surface area contributed by atoms with Crippen molar-refractivity contribution in [1.29, 1.82) is 0 Å². The molecule has 2 heterocycles. The zero-order valence-electron chi connectivity index (χ0n) is 9.90. The molecule has 0 bridgehead atoms. The minimum absolute atomic E-state index is 0.143. The first-order chi connectivity index (χ1) is 8.15. The third-order valence-electron chi connectivity index (χ3n) is 3.03. The Balaban J connectivity index is 1.92. The summed E-state index contributed by atoms with van der Waals surface area (Å²) < 4.78 is 5.62. The number of hydrogen-bond donors (Lipinski definition) is 1. The number of nitrogens with two attached hydrogens (primary N) is 1. The van der Waals surface area contributed by atoms with E-state index >= 15 is 0 Å². The van der Waals surface area contributed by atoms with Crippen LogP contribution in [0.5, 0.6) is 5.88 Å². The molecule has 1 saturated heterocycles. The average molecular weight is 257 g/mol. The Labute approximate surface area is 106 Å². The molecule has 0 radical (unpaired) electrons. The van der Waals surface area contributed by atoms with Gasteiger partial charge in [0, 0.05) is 12.1 Å². The molecule has 1 aliphatic heterocycles. The first-order valence-corrected chi connectivity index (χ1v) is 6.16. The van der Waals surface area contributed by atoms with Crippen molar-refractivity contribution in [2.45, 2.75) is 25.3 Å². The quantitative estimate of drug-likeness (QED) is 0.832. The van der Waals surface area contributed by atoms with Gasteiger partial charge in [0.1, 0.15) is 11.8 Å². The van der Waals surface area contributed by atoms with Crippen molar-refractivity contribution < 1.29 is 4.74 Å². The van der Waals surface area contributed by atoms with Gasteiger partial charge in [-0.15, -0.1) is 0 Å². The number of hydrogen-bond acceptors (Lipinski definition) is 5. The van der Waals surface area contributed by atoms with Crippen LogP contribution in [0.2, 0.25) is 5.15 Å². The van der Waals surface area contributed by atoms with Crippen LogP contribution in [0.3, 0.4) is 0 Å². The van der Waals surface area contributed by atoms with Gasteiger partial charge >= 0.3 is 0 Å². The third-order valence-corrected chi connectivity index (χ3v) is 3.23. The second-order valence-corrected chi connectivity index (χ2v) is 4.72. The fraction of sp³-hybridized carbons (Fsp3) is 0.636. The molecule has 5 nitrogen and oxygen atoms in total. The Morgan fingerprint density at radius 2 is 2.35 bits per heavy atom. The van der Waals surface area contributed by atoms with Crippen LogP contribution in [-0.2, 0) is 0 Å². The van der Waals surface area contributed by atoms with E-state index in [0.717, 1.165) is 13.0 Å². The number of nitrogen functional groups attached to an aromatic ring is 1. The monoisotopic (exact) mass is 256 g/mol. The molecule has 1 atom stereocenters. The molecule has 6 heteroatoms. The summed E-state index contributed by atoms with van der Waals surface area (Å²) >= 11 is 5.78. The summed E-state index contributed by atoms with van der Waals surface area (Å²) in [5, 5.41) is 0.310. The van der Waals surface area contributed by atoms with Gasteiger partial charge in [-0.25, -0.2) is 4.98 Å². The Morgan fingerprint density at radius 3 is 3.06 bits per heavy atom. The summed E-state index contributed by atoms with van der Waals surface area (Å²) in [5.74, 6) is 0.589. The van der Waals surface area contributed by atoms with Gasteiger partial charge in [-0.2, -0.15) is 4.98 Å². The SMILES string of the molecule is CN1CCCCC1COc1cc(Cl)nc(N)n1. The maximum absolute atomic E-state index is 5.78. The number of rotatable bonds is 3.